The minimum Gasteiger partial charge on any atom is -0.496 e. The lowest BCUT2D eigenvalue weighted by Crippen LogP contribution is -2.03. The van der Waals surface area contributed by atoms with Crippen molar-refractivity contribution in [1.82, 2.24) is 0 Å². The number of methoxy groups -OCH3 is 1. The van der Waals surface area contributed by atoms with E-state index in [4.69, 9.17) is 9.47 Å². The largest absolute Gasteiger partial charge is 0.496 e. The molecule has 3 aromatic carbocycles. The summed E-state index contributed by atoms with van der Waals surface area (Å²) in [7, 11) is 1.71. The van der Waals surface area contributed by atoms with Gasteiger partial charge in [0.05, 0.1) is 7.11 Å². The van der Waals surface area contributed by atoms with Gasteiger partial charge in [-0.15, -0.1) is 0 Å². The first-order valence-electron chi connectivity index (χ1n) is 6.71. The molecule has 0 amide bonds. The van der Waals surface area contributed by atoms with E-state index >= 15 is 0 Å². The average Bonchev–Trinajstić information content (AvgIpc) is 2.52. The summed E-state index contributed by atoms with van der Waals surface area (Å²) in [6.45, 7) is 0. The standard InChI is InChI=1S/C18H14O2/c1-19-17-8-4-6-13-14(17)9-10-18-15(13)11-12-5-2-3-7-16(12)20-18/h2-10H,11H2,1H3. The molecule has 0 atom stereocenters. The fraction of sp³-hybridized carbons (Fsp3) is 0.111. The van der Waals surface area contributed by atoms with Crippen molar-refractivity contribution in [3.05, 3.63) is 65.7 Å². The molecule has 98 valence electrons. The van der Waals surface area contributed by atoms with Gasteiger partial charge in [-0.2, -0.15) is 0 Å². The Hall–Kier alpha value is -2.48. The van der Waals surface area contributed by atoms with E-state index in [1.165, 1.54) is 16.5 Å². The number of rotatable bonds is 1. The maximum Gasteiger partial charge on any atom is 0.131 e. The second-order valence-electron chi connectivity index (χ2n) is 4.98. The lowest BCUT2D eigenvalue weighted by Gasteiger charge is -2.22. The molecule has 0 bridgehead atoms. The van der Waals surface area contributed by atoms with E-state index in [0.717, 1.165) is 29.1 Å². The van der Waals surface area contributed by atoms with Crippen molar-refractivity contribution in [2.45, 2.75) is 6.42 Å². The Morgan fingerprint density at radius 3 is 2.65 bits per heavy atom. The molecule has 1 aliphatic rings. The van der Waals surface area contributed by atoms with Gasteiger partial charge in [-0.1, -0.05) is 30.3 Å². The predicted molar refractivity (Wildman–Crippen MR) is 79.8 cm³/mol. The van der Waals surface area contributed by atoms with Crippen LogP contribution >= 0.6 is 0 Å². The Morgan fingerprint density at radius 2 is 1.75 bits per heavy atom. The van der Waals surface area contributed by atoms with Gasteiger partial charge in [0.2, 0.25) is 0 Å². The molecule has 1 heterocycles. The van der Waals surface area contributed by atoms with Gasteiger partial charge in [0.25, 0.3) is 0 Å². The first-order valence-corrected chi connectivity index (χ1v) is 6.71. The lowest BCUT2D eigenvalue weighted by molar-refractivity contribution is 0.419. The normalized spacial score (nSPS) is 12.4. The third-order valence-electron chi connectivity index (χ3n) is 3.87. The van der Waals surface area contributed by atoms with Crippen LogP contribution in [0.2, 0.25) is 0 Å². The van der Waals surface area contributed by atoms with Crippen LogP contribution in [-0.2, 0) is 6.42 Å². The molecule has 0 saturated carbocycles. The minimum atomic E-state index is 0.899. The highest BCUT2D eigenvalue weighted by Crippen LogP contribution is 2.41. The summed E-state index contributed by atoms with van der Waals surface area (Å²) in [6, 6.07) is 18.5. The second-order valence-corrected chi connectivity index (χ2v) is 4.98. The van der Waals surface area contributed by atoms with Crippen molar-refractivity contribution in [2.24, 2.45) is 0 Å². The number of hydrogen-bond donors (Lipinski definition) is 0. The van der Waals surface area contributed by atoms with Gasteiger partial charge in [0.1, 0.15) is 17.2 Å². The minimum absolute atomic E-state index is 0.899. The molecule has 3 aromatic rings. The second kappa shape index (κ2) is 4.27. The van der Waals surface area contributed by atoms with Crippen LogP contribution in [-0.4, -0.2) is 7.11 Å². The quantitative estimate of drug-likeness (QED) is 0.501. The van der Waals surface area contributed by atoms with Crippen LogP contribution in [0.25, 0.3) is 10.8 Å². The van der Waals surface area contributed by atoms with Crippen LogP contribution in [0.15, 0.2) is 54.6 Å². The van der Waals surface area contributed by atoms with Gasteiger partial charge in [-0.3, -0.25) is 0 Å². The molecule has 2 nitrogen and oxygen atoms in total. The first-order chi connectivity index (χ1) is 9.86. The number of ether oxygens (including phenoxy) is 2. The number of benzene rings is 3. The molecule has 0 spiro atoms. The van der Waals surface area contributed by atoms with Gasteiger partial charge < -0.3 is 9.47 Å². The fourth-order valence-electron chi connectivity index (χ4n) is 2.89. The summed E-state index contributed by atoms with van der Waals surface area (Å²) in [5.41, 5.74) is 2.47. The SMILES string of the molecule is COc1cccc2c3c(ccc12)Oc1ccccc1C3. The zero-order valence-electron chi connectivity index (χ0n) is 11.2. The van der Waals surface area contributed by atoms with Gasteiger partial charge in [0.15, 0.2) is 0 Å². The zero-order chi connectivity index (χ0) is 13.5. The summed E-state index contributed by atoms with van der Waals surface area (Å²) < 4.78 is 11.5. The molecule has 4 rings (SSSR count). The smallest absolute Gasteiger partial charge is 0.131 e. The third kappa shape index (κ3) is 1.58. The molecule has 0 unspecified atom stereocenters. The van der Waals surface area contributed by atoms with Gasteiger partial charge in [0, 0.05) is 17.4 Å². The highest BCUT2D eigenvalue weighted by Gasteiger charge is 2.19. The maximum absolute atomic E-state index is 6.02. The van der Waals surface area contributed by atoms with Crippen LogP contribution in [0.4, 0.5) is 0 Å². The maximum atomic E-state index is 6.02. The Bertz CT molecular complexity index is 806. The molecule has 0 N–H and O–H groups in total. The van der Waals surface area contributed by atoms with Crippen molar-refractivity contribution in [1.29, 1.82) is 0 Å². The molecule has 0 fully saturated rings. The van der Waals surface area contributed by atoms with Crippen molar-refractivity contribution in [3.8, 4) is 17.2 Å². The molecule has 1 aliphatic heterocycles. The van der Waals surface area contributed by atoms with E-state index in [1.54, 1.807) is 7.11 Å². The molecule has 0 saturated heterocycles. The lowest BCUT2D eigenvalue weighted by atomic mass is 9.94. The summed E-state index contributed by atoms with van der Waals surface area (Å²) in [4.78, 5) is 0. The van der Waals surface area contributed by atoms with Crippen molar-refractivity contribution in [3.63, 3.8) is 0 Å². The first kappa shape index (κ1) is 11.4. The molecular weight excluding hydrogens is 248 g/mol. The van der Waals surface area contributed by atoms with Gasteiger partial charge in [-0.25, -0.2) is 0 Å². The monoisotopic (exact) mass is 262 g/mol. The van der Waals surface area contributed by atoms with Crippen LogP contribution in [0.5, 0.6) is 17.2 Å². The van der Waals surface area contributed by atoms with Crippen molar-refractivity contribution in [2.75, 3.05) is 7.11 Å². The molecule has 2 heteroatoms. The summed E-state index contributed by atoms with van der Waals surface area (Å²) in [5, 5.41) is 2.34. The fourth-order valence-corrected chi connectivity index (χ4v) is 2.89. The van der Waals surface area contributed by atoms with E-state index in [-0.39, 0.29) is 0 Å². The molecule has 0 radical (unpaired) electrons. The van der Waals surface area contributed by atoms with E-state index < -0.39 is 0 Å². The van der Waals surface area contributed by atoms with E-state index in [0.29, 0.717) is 0 Å². The number of para-hydroxylation sites is 1. The van der Waals surface area contributed by atoms with Crippen LogP contribution in [0.3, 0.4) is 0 Å². The summed E-state index contributed by atoms with van der Waals surface area (Å²) in [5.74, 6) is 2.82. The number of hydrogen-bond acceptors (Lipinski definition) is 2. The van der Waals surface area contributed by atoms with Crippen molar-refractivity contribution < 1.29 is 9.47 Å². The topological polar surface area (TPSA) is 18.5 Å². The Labute approximate surface area is 117 Å². The van der Waals surface area contributed by atoms with E-state index in [9.17, 15) is 0 Å². The summed E-state index contributed by atoms with van der Waals surface area (Å²) >= 11 is 0. The Morgan fingerprint density at radius 1 is 0.850 bits per heavy atom. The Balaban J connectivity index is 1.96. The highest BCUT2D eigenvalue weighted by atomic mass is 16.5. The molecule has 0 aromatic heterocycles. The molecule has 0 aliphatic carbocycles. The predicted octanol–water partition coefficient (Wildman–Crippen LogP) is 4.54. The van der Waals surface area contributed by atoms with Crippen LogP contribution in [0.1, 0.15) is 11.1 Å². The third-order valence-corrected chi connectivity index (χ3v) is 3.87. The van der Waals surface area contributed by atoms with E-state index in [1.807, 2.05) is 30.3 Å². The van der Waals surface area contributed by atoms with Crippen molar-refractivity contribution >= 4 is 10.8 Å². The average molecular weight is 262 g/mol. The van der Waals surface area contributed by atoms with Crippen LogP contribution in [0, 0.1) is 0 Å². The zero-order valence-corrected chi connectivity index (χ0v) is 11.2. The highest BCUT2D eigenvalue weighted by molar-refractivity contribution is 5.93. The number of fused-ring (bicyclic) bond motifs is 4. The van der Waals surface area contributed by atoms with Gasteiger partial charge in [-0.05, 0) is 35.2 Å². The molecular formula is C18H14O2. The molecule has 20 heavy (non-hydrogen) atoms. The van der Waals surface area contributed by atoms with Crippen LogP contribution < -0.4 is 9.47 Å². The summed E-state index contributed by atoms with van der Waals surface area (Å²) in [6.07, 6.45) is 0.899. The van der Waals surface area contributed by atoms with E-state index in [2.05, 4.69) is 24.3 Å². The van der Waals surface area contributed by atoms with Gasteiger partial charge >= 0.3 is 0 Å². The Kier molecular flexibility index (Phi) is 2.43.